The van der Waals surface area contributed by atoms with Gasteiger partial charge in [0.05, 0.1) is 0 Å². The summed E-state index contributed by atoms with van der Waals surface area (Å²) in [5.74, 6) is -0.00601. The molecule has 1 unspecified atom stereocenters. The van der Waals surface area contributed by atoms with Crippen LogP contribution in [-0.2, 0) is 28.6 Å². The van der Waals surface area contributed by atoms with Gasteiger partial charge in [0.15, 0.2) is 6.10 Å². The van der Waals surface area contributed by atoms with Gasteiger partial charge in [0.1, 0.15) is 13.2 Å². The molecule has 0 fully saturated rings. The molecule has 0 aromatic heterocycles. The second-order valence-corrected chi connectivity index (χ2v) is 16.6. The first-order valence-electron chi connectivity index (χ1n) is 23.9. The third-order valence-corrected chi connectivity index (χ3v) is 11.2. The molecule has 0 aliphatic rings. The van der Waals surface area contributed by atoms with Gasteiger partial charge in [0, 0.05) is 19.3 Å². The van der Waals surface area contributed by atoms with Crippen LogP contribution in [0.15, 0.2) is 0 Å². The molecule has 0 rings (SSSR count). The maximum atomic E-state index is 12.7. The first kappa shape index (κ1) is 52.4. The number of hydrogen-bond donors (Lipinski definition) is 0. The molecule has 0 aliphatic heterocycles. The van der Waals surface area contributed by atoms with E-state index < -0.39 is 6.10 Å². The van der Waals surface area contributed by atoms with Crippen molar-refractivity contribution in [1.82, 2.24) is 0 Å². The SMILES string of the molecule is CCCCCCCCCCCCCCCCCC(=O)O[C@H](COC(=O)CCCCCCCCCCC)COC(=O)CCCCCCCCCCC(C)CC. The van der Waals surface area contributed by atoms with E-state index in [2.05, 4.69) is 27.7 Å². The summed E-state index contributed by atoms with van der Waals surface area (Å²) in [5, 5.41) is 0. The van der Waals surface area contributed by atoms with Crippen LogP contribution in [0.5, 0.6) is 0 Å². The van der Waals surface area contributed by atoms with E-state index in [0.717, 1.165) is 63.7 Å². The lowest BCUT2D eigenvalue weighted by Gasteiger charge is -2.18. The fourth-order valence-corrected chi connectivity index (χ4v) is 7.12. The first-order chi connectivity index (χ1) is 26.4. The van der Waals surface area contributed by atoms with E-state index in [4.69, 9.17) is 14.2 Å². The molecule has 6 heteroatoms. The van der Waals surface area contributed by atoms with E-state index >= 15 is 0 Å². The van der Waals surface area contributed by atoms with Gasteiger partial charge in [-0.05, 0) is 25.2 Å². The van der Waals surface area contributed by atoms with E-state index in [1.165, 1.54) is 161 Å². The summed E-state index contributed by atoms with van der Waals surface area (Å²) in [4.78, 5) is 37.7. The molecule has 0 N–H and O–H groups in total. The van der Waals surface area contributed by atoms with Crippen LogP contribution in [0.25, 0.3) is 0 Å². The van der Waals surface area contributed by atoms with Crippen LogP contribution in [0.4, 0.5) is 0 Å². The molecule has 6 nitrogen and oxygen atoms in total. The Balaban J connectivity index is 4.30. The molecule has 54 heavy (non-hydrogen) atoms. The molecule has 0 aromatic rings. The molecular formula is C48H92O6. The molecule has 0 spiro atoms. The summed E-state index contributed by atoms with van der Waals surface area (Å²) < 4.78 is 16.7. The summed E-state index contributed by atoms with van der Waals surface area (Å²) in [7, 11) is 0. The predicted molar refractivity (Wildman–Crippen MR) is 229 cm³/mol. The van der Waals surface area contributed by atoms with Gasteiger partial charge in [-0.1, -0.05) is 227 Å². The van der Waals surface area contributed by atoms with Gasteiger partial charge in [0.25, 0.3) is 0 Å². The summed E-state index contributed by atoms with van der Waals surface area (Å²) in [5.41, 5.74) is 0. The van der Waals surface area contributed by atoms with Gasteiger partial charge in [-0.25, -0.2) is 0 Å². The van der Waals surface area contributed by atoms with Crippen LogP contribution in [-0.4, -0.2) is 37.2 Å². The van der Waals surface area contributed by atoms with Crippen LogP contribution in [0.2, 0.25) is 0 Å². The molecule has 0 saturated heterocycles. The second kappa shape index (κ2) is 42.6. The largest absolute Gasteiger partial charge is 0.462 e. The van der Waals surface area contributed by atoms with E-state index in [1.54, 1.807) is 0 Å². The zero-order chi connectivity index (χ0) is 39.6. The number of ether oxygens (including phenoxy) is 3. The number of unbranched alkanes of at least 4 members (excludes halogenated alkanes) is 29. The maximum absolute atomic E-state index is 12.7. The summed E-state index contributed by atoms with van der Waals surface area (Å²) in [6.07, 6.45) is 42.2. The average Bonchev–Trinajstić information content (AvgIpc) is 3.17. The Morgan fingerprint density at radius 2 is 0.648 bits per heavy atom. The minimum absolute atomic E-state index is 0.0640. The average molecular weight is 765 g/mol. The number of carbonyl (C=O) groups excluding carboxylic acids is 3. The van der Waals surface area contributed by atoms with E-state index in [9.17, 15) is 14.4 Å². The van der Waals surface area contributed by atoms with E-state index in [1.807, 2.05) is 0 Å². The van der Waals surface area contributed by atoms with Crippen LogP contribution in [0.1, 0.15) is 265 Å². The normalized spacial score (nSPS) is 12.4. The highest BCUT2D eigenvalue weighted by atomic mass is 16.6. The molecule has 0 saturated carbocycles. The minimum atomic E-state index is -0.759. The standard InChI is InChI=1S/C48H92O6/c1-5-8-10-12-14-16-17-18-19-20-21-23-29-33-37-41-48(51)54-45(42-52-46(49)39-35-31-27-22-15-13-11-9-6-2)43-53-47(50)40-36-32-28-25-24-26-30-34-38-44(4)7-3/h44-45H,5-43H2,1-4H3/t44?,45-/m1/s1. The Morgan fingerprint density at radius 3 is 0.963 bits per heavy atom. The van der Waals surface area contributed by atoms with E-state index in [-0.39, 0.29) is 31.1 Å². The quantitative estimate of drug-likeness (QED) is 0.0349. The summed E-state index contributed by atoms with van der Waals surface area (Å²) in [6.45, 7) is 8.99. The highest BCUT2D eigenvalue weighted by Gasteiger charge is 2.19. The van der Waals surface area contributed by atoms with Gasteiger partial charge in [-0.15, -0.1) is 0 Å². The third-order valence-electron chi connectivity index (χ3n) is 11.2. The number of rotatable bonds is 43. The Kier molecular flexibility index (Phi) is 41.3. The third kappa shape index (κ3) is 40.1. The van der Waals surface area contributed by atoms with Gasteiger partial charge in [-0.3, -0.25) is 14.4 Å². The van der Waals surface area contributed by atoms with Crippen molar-refractivity contribution in [1.29, 1.82) is 0 Å². The lowest BCUT2D eigenvalue weighted by Crippen LogP contribution is -2.30. The number of esters is 3. The second-order valence-electron chi connectivity index (χ2n) is 16.6. The Morgan fingerprint density at radius 1 is 0.370 bits per heavy atom. The van der Waals surface area contributed by atoms with Gasteiger partial charge < -0.3 is 14.2 Å². The Labute approximate surface area is 336 Å². The molecular weight excluding hydrogens is 673 g/mol. The summed E-state index contributed by atoms with van der Waals surface area (Å²) >= 11 is 0. The summed E-state index contributed by atoms with van der Waals surface area (Å²) in [6, 6.07) is 0. The molecule has 0 aliphatic carbocycles. The van der Waals surface area contributed by atoms with Crippen LogP contribution in [0.3, 0.4) is 0 Å². The van der Waals surface area contributed by atoms with Crippen molar-refractivity contribution in [2.45, 2.75) is 271 Å². The van der Waals surface area contributed by atoms with Crippen molar-refractivity contribution in [2.75, 3.05) is 13.2 Å². The van der Waals surface area contributed by atoms with Crippen molar-refractivity contribution in [3.05, 3.63) is 0 Å². The molecule has 0 amide bonds. The molecule has 320 valence electrons. The van der Waals surface area contributed by atoms with Crippen molar-refractivity contribution in [2.24, 2.45) is 5.92 Å². The monoisotopic (exact) mass is 765 g/mol. The molecule has 0 bridgehead atoms. The van der Waals surface area contributed by atoms with Crippen LogP contribution >= 0.6 is 0 Å². The minimum Gasteiger partial charge on any atom is -0.462 e. The van der Waals surface area contributed by atoms with Crippen molar-refractivity contribution < 1.29 is 28.6 Å². The zero-order valence-electron chi connectivity index (χ0n) is 36.7. The fraction of sp³-hybridized carbons (Fsp3) is 0.938. The lowest BCUT2D eigenvalue weighted by atomic mass is 9.99. The Bertz CT molecular complexity index is 813. The van der Waals surface area contributed by atoms with Crippen molar-refractivity contribution in [3.63, 3.8) is 0 Å². The first-order valence-corrected chi connectivity index (χ1v) is 23.9. The van der Waals surface area contributed by atoms with E-state index in [0.29, 0.717) is 19.3 Å². The molecule has 0 aromatic carbocycles. The highest BCUT2D eigenvalue weighted by molar-refractivity contribution is 5.71. The topological polar surface area (TPSA) is 78.9 Å². The molecule has 2 atom stereocenters. The van der Waals surface area contributed by atoms with Gasteiger partial charge in [-0.2, -0.15) is 0 Å². The van der Waals surface area contributed by atoms with Crippen LogP contribution in [0, 0.1) is 5.92 Å². The Hall–Kier alpha value is -1.59. The van der Waals surface area contributed by atoms with Gasteiger partial charge >= 0.3 is 17.9 Å². The maximum Gasteiger partial charge on any atom is 0.306 e. The molecule has 0 heterocycles. The van der Waals surface area contributed by atoms with Crippen LogP contribution < -0.4 is 0 Å². The van der Waals surface area contributed by atoms with Gasteiger partial charge in [0.2, 0.25) is 0 Å². The predicted octanol–water partition coefficient (Wildman–Crippen LogP) is 15.1. The number of carbonyl (C=O) groups is 3. The lowest BCUT2D eigenvalue weighted by molar-refractivity contribution is -0.167. The van der Waals surface area contributed by atoms with Crippen molar-refractivity contribution in [3.8, 4) is 0 Å². The number of hydrogen-bond acceptors (Lipinski definition) is 6. The molecule has 0 radical (unpaired) electrons. The highest BCUT2D eigenvalue weighted by Crippen LogP contribution is 2.17. The smallest absolute Gasteiger partial charge is 0.306 e. The zero-order valence-corrected chi connectivity index (χ0v) is 36.7. The fourth-order valence-electron chi connectivity index (χ4n) is 7.12. The van der Waals surface area contributed by atoms with Crippen molar-refractivity contribution >= 4 is 17.9 Å².